The third-order valence-electron chi connectivity index (χ3n) is 4.79. The van der Waals surface area contributed by atoms with Crippen LogP contribution in [0.15, 0.2) is 62.7 Å². The molecule has 3 aromatic rings. The molecule has 0 saturated carbocycles. The summed E-state index contributed by atoms with van der Waals surface area (Å²) in [4.78, 5) is 31.3. The van der Waals surface area contributed by atoms with Gasteiger partial charge in [-0.1, -0.05) is 11.8 Å². The van der Waals surface area contributed by atoms with Crippen molar-refractivity contribution in [2.75, 3.05) is 21.3 Å². The van der Waals surface area contributed by atoms with Crippen LogP contribution in [0.25, 0.3) is 11.0 Å². The lowest BCUT2D eigenvalue weighted by Crippen LogP contribution is -2.19. The maximum atomic E-state index is 11.9. The minimum atomic E-state index is -0.613. The Bertz CT molecular complexity index is 1370. The molecule has 10 nitrogen and oxygen atoms in total. The fraction of sp³-hybridized carbons (Fsp3) is 0.174. The molecule has 1 fully saturated rings. The molecule has 0 unspecified atom stereocenters. The molecule has 2 N–H and O–H groups in total. The summed E-state index contributed by atoms with van der Waals surface area (Å²) in [7, 11) is 4.49. The van der Waals surface area contributed by atoms with E-state index in [1.807, 2.05) is 36.4 Å². The molecule has 35 heavy (non-hydrogen) atoms. The topological polar surface area (TPSA) is 127 Å². The van der Waals surface area contributed by atoms with Crippen molar-refractivity contribution in [3.63, 3.8) is 0 Å². The molecule has 1 aliphatic heterocycles. The maximum absolute atomic E-state index is 11.9. The second-order valence-electron chi connectivity index (χ2n) is 7.02. The van der Waals surface area contributed by atoms with Gasteiger partial charge in [0.05, 0.1) is 43.5 Å². The number of carbonyl (C=O) groups excluding carboxylic acids is 2. The summed E-state index contributed by atoms with van der Waals surface area (Å²) >= 11 is 2.56. The Kier molecular flexibility index (Phi) is 7.73. The third-order valence-corrected chi connectivity index (χ3v) is 6.61. The van der Waals surface area contributed by atoms with Gasteiger partial charge in [-0.15, -0.1) is 5.10 Å². The minimum absolute atomic E-state index is 0.193. The largest absolute Gasteiger partial charge is 0.497 e. The number of hydrogen-bond donors (Lipinski definition) is 2. The zero-order chi connectivity index (χ0) is 24.8. The second-order valence-corrected chi connectivity index (χ2v) is 9.02. The summed E-state index contributed by atoms with van der Waals surface area (Å²) in [5.74, 6) is 1.08. The highest BCUT2D eigenvalue weighted by atomic mass is 32.2. The summed E-state index contributed by atoms with van der Waals surface area (Å²) in [6.45, 7) is 0. The van der Waals surface area contributed by atoms with Gasteiger partial charge in [0, 0.05) is 23.5 Å². The van der Waals surface area contributed by atoms with Crippen LogP contribution in [0.4, 0.5) is 0 Å². The van der Waals surface area contributed by atoms with E-state index in [1.165, 1.54) is 7.11 Å². The van der Waals surface area contributed by atoms with E-state index in [2.05, 4.69) is 30.2 Å². The average Bonchev–Trinajstić information content (AvgIpc) is 3.44. The van der Waals surface area contributed by atoms with E-state index in [0.29, 0.717) is 5.75 Å². The number of thioether (sulfide) groups is 2. The van der Waals surface area contributed by atoms with Gasteiger partial charge < -0.3 is 19.2 Å². The predicted molar refractivity (Wildman–Crippen MR) is 136 cm³/mol. The Morgan fingerprint density at radius 3 is 2.80 bits per heavy atom. The Morgan fingerprint density at radius 1 is 1.17 bits per heavy atom. The highest BCUT2D eigenvalue weighted by Crippen LogP contribution is 2.29. The van der Waals surface area contributed by atoms with Crippen molar-refractivity contribution < 1.29 is 23.8 Å². The van der Waals surface area contributed by atoms with Crippen LogP contribution in [0.2, 0.25) is 0 Å². The van der Waals surface area contributed by atoms with E-state index >= 15 is 0 Å². The Morgan fingerprint density at radius 2 is 2.03 bits per heavy atom. The van der Waals surface area contributed by atoms with Crippen LogP contribution in [0.1, 0.15) is 11.1 Å². The molecule has 12 heteroatoms. The van der Waals surface area contributed by atoms with Gasteiger partial charge in [-0.25, -0.2) is 9.78 Å². The van der Waals surface area contributed by atoms with E-state index in [0.717, 1.165) is 56.7 Å². The normalized spacial score (nSPS) is 15.8. The van der Waals surface area contributed by atoms with Crippen molar-refractivity contribution in [3.05, 3.63) is 58.5 Å². The molecular weight excluding hydrogens is 490 g/mol. The number of rotatable bonds is 8. The lowest BCUT2D eigenvalue weighted by atomic mass is 10.1. The van der Waals surface area contributed by atoms with E-state index in [-0.39, 0.29) is 10.1 Å². The molecule has 4 rings (SSSR count). The fourth-order valence-electron chi connectivity index (χ4n) is 3.09. The zero-order valence-corrected chi connectivity index (χ0v) is 20.7. The van der Waals surface area contributed by atoms with Gasteiger partial charge in [-0.2, -0.15) is 5.10 Å². The molecule has 1 amide bonds. The second kappa shape index (κ2) is 11.1. The smallest absolute Gasteiger partial charge is 0.331 e. The summed E-state index contributed by atoms with van der Waals surface area (Å²) in [6, 6.07) is 11.4. The quantitative estimate of drug-likeness (QED) is 0.155. The van der Waals surface area contributed by atoms with Crippen LogP contribution in [0.3, 0.4) is 0 Å². The number of imidazole rings is 1. The maximum Gasteiger partial charge on any atom is 0.331 e. The number of aromatic amines is 1. The Hall–Kier alpha value is -3.77. The number of aromatic nitrogens is 2. The number of amides is 1. The zero-order valence-electron chi connectivity index (χ0n) is 19.0. The number of amidine groups is 1. The van der Waals surface area contributed by atoms with Crippen LogP contribution in [0.5, 0.6) is 11.5 Å². The number of hydrogen-bond acceptors (Lipinski definition) is 10. The summed E-state index contributed by atoms with van der Waals surface area (Å²) in [6.07, 6.45) is 2.68. The number of esters is 1. The highest BCUT2D eigenvalue weighted by Gasteiger charge is 2.25. The van der Waals surface area contributed by atoms with E-state index < -0.39 is 11.9 Å². The molecule has 2 heterocycles. The van der Waals surface area contributed by atoms with Crippen LogP contribution >= 0.6 is 23.5 Å². The van der Waals surface area contributed by atoms with Crippen molar-refractivity contribution >= 4 is 57.8 Å². The number of methoxy groups -OCH3 is 3. The van der Waals surface area contributed by atoms with Crippen LogP contribution in [0, 0.1) is 0 Å². The van der Waals surface area contributed by atoms with E-state index in [4.69, 9.17) is 9.47 Å². The number of carbonyl (C=O) groups is 2. The average molecular weight is 512 g/mol. The molecule has 0 radical (unpaired) electrons. The third kappa shape index (κ3) is 6.03. The molecule has 0 bridgehead atoms. The van der Waals surface area contributed by atoms with Gasteiger partial charge in [0.15, 0.2) is 10.3 Å². The molecular formula is C23H21N5O5S2. The van der Waals surface area contributed by atoms with Gasteiger partial charge in [0.1, 0.15) is 11.5 Å². The molecule has 180 valence electrons. The highest BCUT2D eigenvalue weighted by molar-refractivity contribution is 8.18. The first-order valence-corrected chi connectivity index (χ1v) is 12.0. The van der Waals surface area contributed by atoms with Crippen molar-refractivity contribution in [3.8, 4) is 11.5 Å². The number of benzene rings is 2. The van der Waals surface area contributed by atoms with Crippen LogP contribution in [-0.2, 0) is 20.1 Å². The molecule has 1 saturated heterocycles. The molecule has 0 atom stereocenters. The van der Waals surface area contributed by atoms with Crippen molar-refractivity contribution in [1.29, 1.82) is 0 Å². The molecule has 0 aliphatic carbocycles. The monoisotopic (exact) mass is 511 g/mol. The lowest BCUT2D eigenvalue weighted by Gasteiger charge is -2.08. The Labute approximate surface area is 209 Å². The molecule has 0 spiro atoms. The molecule has 1 aliphatic rings. The van der Waals surface area contributed by atoms with Gasteiger partial charge in [-0.3, -0.25) is 10.1 Å². The van der Waals surface area contributed by atoms with Crippen molar-refractivity contribution in [1.82, 2.24) is 15.3 Å². The fourth-order valence-corrected chi connectivity index (χ4v) is 4.69. The number of ether oxygens (including phenoxy) is 3. The van der Waals surface area contributed by atoms with Crippen LogP contribution in [-0.4, -0.2) is 54.6 Å². The first kappa shape index (κ1) is 24.4. The van der Waals surface area contributed by atoms with Crippen molar-refractivity contribution in [2.24, 2.45) is 10.2 Å². The van der Waals surface area contributed by atoms with Crippen molar-refractivity contribution in [2.45, 2.75) is 10.9 Å². The predicted octanol–water partition coefficient (Wildman–Crippen LogP) is 3.48. The number of nitrogens with one attached hydrogen (secondary N) is 2. The lowest BCUT2D eigenvalue weighted by molar-refractivity contribution is -0.135. The van der Waals surface area contributed by atoms with Gasteiger partial charge in [-0.05, 0) is 47.7 Å². The summed E-state index contributed by atoms with van der Waals surface area (Å²) in [5.41, 5.74) is 3.53. The first-order chi connectivity index (χ1) is 17.0. The van der Waals surface area contributed by atoms with E-state index in [9.17, 15) is 9.59 Å². The standard InChI is InChI=1S/C23H21N5O5S2/c1-31-15-5-6-16-17(9-15)26-22(25-16)34-12-14-8-13(4-7-18(14)32-2)11-24-28-23-27-21(30)19(35-23)10-20(29)33-3/h4-11H,12H2,1-3H3,(H,25,26)(H,27,28,30)/b19-10+,24-11?. The number of nitrogens with zero attached hydrogens (tertiary/aromatic N) is 3. The number of fused-ring (bicyclic) bond motifs is 1. The summed E-state index contributed by atoms with van der Waals surface area (Å²) < 4.78 is 15.3. The number of H-pyrrole nitrogens is 1. The first-order valence-electron chi connectivity index (χ1n) is 10.2. The van der Waals surface area contributed by atoms with Gasteiger partial charge in [0.2, 0.25) is 0 Å². The SMILES string of the molecule is COC(=O)/C=C1/S/C(=N\N=Cc2ccc(OC)c(CSc3nc4ccc(OC)cc4[nH]3)c2)NC1=O. The molecule has 2 aromatic carbocycles. The van der Waals surface area contributed by atoms with Gasteiger partial charge >= 0.3 is 5.97 Å². The van der Waals surface area contributed by atoms with E-state index in [1.54, 1.807) is 32.2 Å². The van der Waals surface area contributed by atoms with Gasteiger partial charge in [0.25, 0.3) is 5.91 Å². The molecule has 1 aromatic heterocycles. The minimum Gasteiger partial charge on any atom is -0.497 e. The van der Waals surface area contributed by atoms with Crippen LogP contribution < -0.4 is 14.8 Å². The summed E-state index contributed by atoms with van der Waals surface area (Å²) in [5, 5.41) is 11.7. The Balaban J connectivity index is 1.44.